The Bertz CT molecular complexity index is 805. The Morgan fingerprint density at radius 3 is 2.71 bits per heavy atom. The number of alkyl halides is 3. The fraction of sp³-hybridized carbons (Fsp3) is 0.522. The summed E-state index contributed by atoms with van der Waals surface area (Å²) in [4.78, 5) is 12.2. The highest BCUT2D eigenvalue weighted by Crippen LogP contribution is 2.36. The monoisotopic (exact) mass is 440 g/mol. The van der Waals surface area contributed by atoms with Gasteiger partial charge >= 0.3 is 12.1 Å². The van der Waals surface area contributed by atoms with Gasteiger partial charge in [-0.2, -0.15) is 13.2 Å². The van der Waals surface area contributed by atoms with E-state index >= 15 is 0 Å². The summed E-state index contributed by atoms with van der Waals surface area (Å²) in [6.45, 7) is -0.169. The second-order valence-corrected chi connectivity index (χ2v) is 7.96. The van der Waals surface area contributed by atoms with Crippen molar-refractivity contribution >= 4 is 5.97 Å². The molecule has 1 aliphatic carbocycles. The maximum absolute atomic E-state index is 12.9. The molecule has 1 aromatic rings. The Balaban J connectivity index is 1.74. The van der Waals surface area contributed by atoms with Crippen molar-refractivity contribution in [3.8, 4) is 5.75 Å². The molecule has 5 atom stereocenters. The third-order valence-corrected chi connectivity index (χ3v) is 5.65. The lowest BCUT2D eigenvalue weighted by Gasteiger charge is -2.21. The summed E-state index contributed by atoms with van der Waals surface area (Å²) in [6.07, 6.45) is 2.89. The number of halogens is 3. The third-order valence-electron chi connectivity index (χ3n) is 5.65. The van der Waals surface area contributed by atoms with E-state index in [1.165, 1.54) is 12.1 Å². The minimum Gasteiger partial charge on any atom is -0.489 e. The lowest BCUT2D eigenvalue weighted by Crippen LogP contribution is -2.25. The SMILES string of the molecule is O=C1CCC/C=C\C[C@@H]2[C@@H](/C=C/[C@H](COc3cccc(C(F)(F)F)c3)O1)[C@H](O)C[C@@H]2O. The first-order chi connectivity index (χ1) is 14.7. The van der Waals surface area contributed by atoms with Gasteiger partial charge in [-0.25, -0.2) is 0 Å². The Labute approximate surface area is 179 Å². The first-order valence-electron chi connectivity index (χ1n) is 10.4. The molecule has 0 radical (unpaired) electrons. The zero-order chi connectivity index (χ0) is 22.4. The molecule has 2 aliphatic rings. The van der Waals surface area contributed by atoms with E-state index < -0.39 is 36.0 Å². The molecule has 1 heterocycles. The van der Waals surface area contributed by atoms with Crippen molar-refractivity contribution < 1.29 is 37.7 Å². The number of carbonyl (C=O) groups is 1. The lowest BCUT2D eigenvalue weighted by molar-refractivity contribution is -0.148. The van der Waals surface area contributed by atoms with Gasteiger partial charge in [-0.15, -0.1) is 0 Å². The van der Waals surface area contributed by atoms with Crippen molar-refractivity contribution in [3.63, 3.8) is 0 Å². The summed E-state index contributed by atoms with van der Waals surface area (Å²) in [5.74, 6) is -0.904. The molecule has 0 amide bonds. The molecule has 8 heteroatoms. The minimum atomic E-state index is -4.49. The first-order valence-corrected chi connectivity index (χ1v) is 10.4. The van der Waals surface area contributed by atoms with Crippen LogP contribution in [0.2, 0.25) is 0 Å². The number of hydrogen-bond acceptors (Lipinski definition) is 5. The molecular weight excluding hydrogens is 413 g/mol. The first kappa shape index (κ1) is 23.3. The van der Waals surface area contributed by atoms with E-state index in [2.05, 4.69) is 0 Å². The molecule has 1 saturated carbocycles. The van der Waals surface area contributed by atoms with Crippen LogP contribution < -0.4 is 4.74 Å². The largest absolute Gasteiger partial charge is 0.489 e. The van der Waals surface area contributed by atoms with Crippen LogP contribution in [0, 0.1) is 11.8 Å². The molecule has 1 fully saturated rings. The average molecular weight is 440 g/mol. The van der Waals surface area contributed by atoms with Gasteiger partial charge in [0.2, 0.25) is 0 Å². The lowest BCUT2D eigenvalue weighted by atomic mass is 9.89. The number of cyclic esters (lactones) is 1. The zero-order valence-corrected chi connectivity index (χ0v) is 17.0. The highest BCUT2D eigenvalue weighted by atomic mass is 19.4. The van der Waals surface area contributed by atoms with Crippen LogP contribution in [-0.4, -0.2) is 41.1 Å². The number of esters is 1. The number of benzene rings is 1. The van der Waals surface area contributed by atoms with E-state index in [1.807, 2.05) is 12.2 Å². The topological polar surface area (TPSA) is 76.0 Å². The number of rotatable bonds is 3. The maximum atomic E-state index is 12.9. The molecule has 5 nitrogen and oxygen atoms in total. The van der Waals surface area contributed by atoms with E-state index in [4.69, 9.17) is 9.47 Å². The number of fused-ring (bicyclic) bond motifs is 1. The molecular formula is C23H27F3O5. The predicted octanol–water partition coefficient (Wildman–Crippen LogP) is 4.04. The molecule has 0 bridgehead atoms. The quantitative estimate of drug-likeness (QED) is 0.548. The van der Waals surface area contributed by atoms with Gasteiger partial charge in [0, 0.05) is 18.8 Å². The van der Waals surface area contributed by atoms with Crippen LogP contribution in [0.1, 0.15) is 37.7 Å². The van der Waals surface area contributed by atoms with Crippen molar-refractivity contribution in [2.75, 3.05) is 6.61 Å². The summed E-state index contributed by atoms with van der Waals surface area (Å²) >= 11 is 0. The molecule has 0 aromatic heterocycles. The van der Waals surface area contributed by atoms with E-state index in [-0.39, 0.29) is 37.0 Å². The maximum Gasteiger partial charge on any atom is 0.416 e. The Hall–Kier alpha value is -2.32. The summed E-state index contributed by atoms with van der Waals surface area (Å²) in [5, 5.41) is 20.6. The highest BCUT2D eigenvalue weighted by Gasteiger charge is 2.39. The number of allylic oxidation sites excluding steroid dienone is 2. The van der Waals surface area contributed by atoms with Gasteiger partial charge in [-0.05, 0) is 49.5 Å². The van der Waals surface area contributed by atoms with Crippen LogP contribution in [0.15, 0.2) is 48.6 Å². The number of aliphatic hydroxyl groups excluding tert-OH is 2. The van der Waals surface area contributed by atoms with Gasteiger partial charge in [0.05, 0.1) is 17.8 Å². The van der Waals surface area contributed by atoms with Crippen LogP contribution in [0.5, 0.6) is 5.75 Å². The van der Waals surface area contributed by atoms with E-state index in [9.17, 15) is 28.2 Å². The van der Waals surface area contributed by atoms with Gasteiger partial charge < -0.3 is 19.7 Å². The summed E-state index contributed by atoms with van der Waals surface area (Å²) in [5.41, 5.74) is -0.828. The van der Waals surface area contributed by atoms with Crippen molar-refractivity contribution in [2.45, 2.75) is 56.6 Å². The van der Waals surface area contributed by atoms with Crippen molar-refractivity contribution in [1.29, 1.82) is 0 Å². The highest BCUT2D eigenvalue weighted by molar-refractivity contribution is 5.69. The van der Waals surface area contributed by atoms with E-state index in [1.54, 1.807) is 12.2 Å². The van der Waals surface area contributed by atoms with E-state index in [0.29, 0.717) is 19.3 Å². The molecule has 1 aromatic carbocycles. The normalized spacial score (nSPS) is 32.0. The van der Waals surface area contributed by atoms with Crippen LogP contribution in [0.4, 0.5) is 13.2 Å². The fourth-order valence-electron chi connectivity index (χ4n) is 3.99. The number of ether oxygens (including phenoxy) is 2. The molecule has 0 unspecified atom stereocenters. The van der Waals surface area contributed by atoms with Crippen LogP contribution in [0.25, 0.3) is 0 Å². The van der Waals surface area contributed by atoms with E-state index in [0.717, 1.165) is 12.1 Å². The Kier molecular flexibility index (Phi) is 7.78. The van der Waals surface area contributed by atoms with Gasteiger partial charge in [-0.1, -0.05) is 24.3 Å². The van der Waals surface area contributed by atoms with Gasteiger partial charge in [-0.3, -0.25) is 4.79 Å². The van der Waals surface area contributed by atoms with Crippen LogP contribution in [-0.2, 0) is 15.7 Å². The summed E-state index contributed by atoms with van der Waals surface area (Å²) < 4.78 is 49.7. The minimum absolute atomic E-state index is 0.0144. The second-order valence-electron chi connectivity index (χ2n) is 7.96. The summed E-state index contributed by atoms with van der Waals surface area (Å²) in [7, 11) is 0. The van der Waals surface area contributed by atoms with Gasteiger partial charge in [0.1, 0.15) is 12.4 Å². The fourth-order valence-corrected chi connectivity index (χ4v) is 3.99. The number of aliphatic hydroxyl groups is 2. The Morgan fingerprint density at radius 2 is 1.94 bits per heavy atom. The third kappa shape index (κ3) is 6.58. The van der Waals surface area contributed by atoms with Crippen molar-refractivity contribution in [1.82, 2.24) is 0 Å². The van der Waals surface area contributed by atoms with Crippen molar-refractivity contribution in [3.05, 3.63) is 54.1 Å². The molecule has 170 valence electrons. The van der Waals surface area contributed by atoms with Crippen LogP contribution >= 0.6 is 0 Å². The number of carbonyl (C=O) groups excluding carboxylic acids is 1. The average Bonchev–Trinajstić information content (AvgIpc) is 2.98. The molecule has 2 N–H and O–H groups in total. The van der Waals surface area contributed by atoms with Gasteiger partial charge in [0.15, 0.2) is 6.10 Å². The molecule has 0 saturated heterocycles. The molecule has 1 aliphatic heterocycles. The second kappa shape index (κ2) is 10.3. The molecule has 0 spiro atoms. The zero-order valence-electron chi connectivity index (χ0n) is 17.0. The standard InChI is InChI=1S/C23H27F3O5/c24-23(25,26)15-6-5-7-16(12-15)30-14-17-10-11-19-18(20(27)13-21(19)28)8-3-1-2-4-9-22(29)31-17/h1,3,5-7,10-12,17-21,27-28H,2,4,8-9,13-14H2/b3-1-,11-10+/t17-,18-,19-,20+,21-/m1/s1. The van der Waals surface area contributed by atoms with Crippen LogP contribution in [0.3, 0.4) is 0 Å². The smallest absolute Gasteiger partial charge is 0.416 e. The molecule has 31 heavy (non-hydrogen) atoms. The summed E-state index contributed by atoms with van der Waals surface area (Å²) in [6, 6.07) is 4.49. The molecule has 3 rings (SSSR count). The number of hydrogen-bond donors (Lipinski definition) is 2. The predicted molar refractivity (Wildman–Crippen MR) is 107 cm³/mol. The van der Waals surface area contributed by atoms with Crippen molar-refractivity contribution in [2.24, 2.45) is 11.8 Å². The Morgan fingerprint density at radius 1 is 1.13 bits per heavy atom. The van der Waals surface area contributed by atoms with Gasteiger partial charge in [0.25, 0.3) is 0 Å².